The van der Waals surface area contributed by atoms with Crippen molar-refractivity contribution in [3.8, 4) is 17.3 Å². The van der Waals surface area contributed by atoms with Crippen molar-refractivity contribution in [2.45, 2.75) is 70.9 Å². The largest absolute Gasteiger partial charge is 0.335 e. The number of unbranched alkanes of at least 4 members (excludes halogenated alkanes) is 1. The number of hydrogen-bond acceptors (Lipinski definition) is 7. The Morgan fingerprint density at radius 3 is 2.84 bits per heavy atom. The van der Waals surface area contributed by atoms with Crippen molar-refractivity contribution >= 4 is 6.21 Å². The van der Waals surface area contributed by atoms with Crippen LogP contribution in [0.2, 0.25) is 0 Å². The van der Waals surface area contributed by atoms with Crippen molar-refractivity contribution < 1.29 is 0 Å². The predicted octanol–water partition coefficient (Wildman–Crippen LogP) is 3.65. The van der Waals surface area contributed by atoms with Gasteiger partial charge in [-0.2, -0.15) is 5.21 Å². The molecule has 4 heterocycles. The standard InChI is InChI=1S/C26H32N10O/c1-4-6-10-22-16-34(24-31-28-18-36(24)19(3)5-2)25(37)35(22)17-26(11-13-27-14-12-26)21-9-7-8-20(15-21)23-29-32-33-30-23/h7-9,11,13-16,18-19H,4-6,10,12,17H2,1-3H3,(H,29,30,32,33). The Morgan fingerprint density at radius 2 is 2.11 bits per heavy atom. The number of nitrogens with zero attached hydrogens (tertiary/aromatic N) is 9. The molecule has 11 nitrogen and oxygen atoms in total. The van der Waals surface area contributed by atoms with Gasteiger partial charge in [0.1, 0.15) is 6.33 Å². The molecule has 11 heteroatoms. The number of nitrogens with one attached hydrogen (secondary N) is 1. The first kappa shape index (κ1) is 24.5. The van der Waals surface area contributed by atoms with E-state index in [1.807, 2.05) is 39.9 Å². The normalized spacial score (nSPS) is 17.9. The van der Waals surface area contributed by atoms with Crippen molar-refractivity contribution in [3.63, 3.8) is 0 Å². The van der Waals surface area contributed by atoms with Crippen LogP contribution in [0.4, 0.5) is 0 Å². The van der Waals surface area contributed by atoms with Crippen LogP contribution in [0.15, 0.2) is 58.9 Å². The first-order valence-electron chi connectivity index (χ1n) is 12.8. The summed E-state index contributed by atoms with van der Waals surface area (Å²) in [4.78, 5) is 18.3. The third-order valence-corrected chi connectivity index (χ3v) is 7.21. The zero-order valence-electron chi connectivity index (χ0n) is 21.4. The Hall–Kier alpha value is -4.15. The number of allylic oxidation sites excluding steroid dienone is 1. The molecular weight excluding hydrogens is 468 g/mol. The Morgan fingerprint density at radius 1 is 1.22 bits per heavy atom. The number of rotatable bonds is 10. The molecule has 192 valence electrons. The van der Waals surface area contributed by atoms with Crippen LogP contribution in [-0.2, 0) is 18.4 Å². The fraction of sp³-hybridized carbons (Fsp3) is 0.423. The number of aliphatic imine (C=N–C) groups is 1. The van der Waals surface area contributed by atoms with E-state index < -0.39 is 5.41 Å². The van der Waals surface area contributed by atoms with E-state index in [-0.39, 0.29) is 11.7 Å². The molecule has 37 heavy (non-hydrogen) atoms. The number of aromatic amines is 1. The van der Waals surface area contributed by atoms with E-state index in [1.54, 1.807) is 10.9 Å². The SMILES string of the molecule is CCCCc1cn(-c2nncn2C(C)CC)c(=O)n1CC1(c2cccc(-c3nn[nH]n3)c2)C=CN=CC1. The first-order valence-corrected chi connectivity index (χ1v) is 12.8. The van der Waals surface area contributed by atoms with Gasteiger partial charge in [-0.15, -0.1) is 20.4 Å². The lowest BCUT2D eigenvalue weighted by atomic mass is 9.76. The fourth-order valence-electron chi connectivity index (χ4n) is 4.80. The molecule has 2 atom stereocenters. The van der Waals surface area contributed by atoms with Gasteiger partial charge in [-0.05, 0) is 49.5 Å². The third kappa shape index (κ3) is 4.68. The van der Waals surface area contributed by atoms with Gasteiger partial charge in [-0.1, -0.05) is 44.5 Å². The highest BCUT2D eigenvalue weighted by molar-refractivity contribution is 5.65. The molecule has 0 amide bonds. The van der Waals surface area contributed by atoms with E-state index >= 15 is 0 Å². The Labute approximate surface area is 215 Å². The highest BCUT2D eigenvalue weighted by atomic mass is 16.2. The number of aryl methyl sites for hydroxylation is 1. The second-order valence-electron chi connectivity index (χ2n) is 9.58. The summed E-state index contributed by atoms with van der Waals surface area (Å²) in [7, 11) is 0. The van der Waals surface area contributed by atoms with Gasteiger partial charge in [0.25, 0.3) is 0 Å². The molecule has 2 unspecified atom stereocenters. The third-order valence-electron chi connectivity index (χ3n) is 7.21. The van der Waals surface area contributed by atoms with Crippen LogP contribution in [0.3, 0.4) is 0 Å². The van der Waals surface area contributed by atoms with Crippen molar-refractivity contribution in [3.05, 3.63) is 70.8 Å². The summed E-state index contributed by atoms with van der Waals surface area (Å²) in [5.41, 5.74) is 2.31. The summed E-state index contributed by atoms with van der Waals surface area (Å²) < 4.78 is 5.51. The molecule has 1 aromatic carbocycles. The molecule has 0 saturated carbocycles. The van der Waals surface area contributed by atoms with E-state index in [1.165, 1.54) is 0 Å². The summed E-state index contributed by atoms with van der Waals surface area (Å²) in [6, 6.07) is 8.28. The lowest BCUT2D eigenvalue weighted by Crippen LogP contribution is -2.37. The van der Waals surface area contributed by atoms with E-state index in [9.17, 15) is 4.79 Å². The minimum absolute atomic E-state index is 0.117. The van der Waals surface area contributed by atoms with Gasteiger partial charge in [0.2, 0.25) is 11.8 Å². The van der Waals surface area contributed by atoms with E-state index in [0.29, 0.717) is 24.7 Å². The van der Waals surface area contributed by atoms with Crippen molar-refractivity contribution in [1.82, 2.24) is 44.5 Å². The highest BCUT2D eigenvalue weighted by Gasteiger charge is 2.33. The van der Waals surface area contributed by atoms with Crippen LogP contribution >= 0.6 is 0 Å². The predicted molar refractivity (Wildman–Crippen MR) is 141 cm³/mol. The zero-order valence-corrected chi connectivity index (χ0v) is 21.4. The van der Waals surface area contributed by atoms with E-state index in [0.717, 1.165) is 42.5 Å². The van der Waals surface area contributed by atoms with Gasteiger partial charge in [0, 0.05) is 47.9 Å². The number of aromatic nitrogens is 9. The summed E-state index contributed by atoms with van der Waals surface area (Å²) in [5.74, 6) is 1.08. The average Bonchev–Trinajstić information content (AvgIpc) is 3.70. The van der Waals surface area contributed by atoms with Gasteiger partial charge < -0.3 is 0 Å². The van der Waals surface area contributed by atoms with Gasteiger partial charge in [-0.3, -0.25) is 14.1 Å². The maximum atomic E-state index is 14.0. The maximum absolute atomic E-state index is 14.0. The maximum Gasteiger partial charge on any atom is 0.335 e. The molecule has 1 N–H and O–H groups in total. The van der Waals surface area contributed by atoms with Crippen LogP contribution in [-0.4, -0.2) is 50.7 Å². The number of hydrogen-bond donors (Lipinski definition) is 1. The van der Waals surface area contributed by atoms with Crippen LogP contribution in [0, 0.1) is 0 Å². The molecular formula is C26H32N10O. The summed E-state index contributed by atoms with van der Waals surface area (Å²) in [5, 5.41) is 22.9. The number of imidazole rings is 1. The van der Waals surface area contributed by atoms with Crippen LogP contribution in [0.1, 0.15) is 63.8 Å². The summed E-state index contributed by atoms with van der Waals surface area (Å²) >= 11 is 0. The monoisotopic (exact) mass is 500 g/mol. The second-order valence-corrected chi connectivity index (χ2v) is 9.58. The number of tetrazole rings is 1. The summed E-state index contributed by atoms with van der Waals surface area (Å²) in [6.07, 6.45) is 13.8. The van der Waals surface area contributed by atoms with Crippen LogP contribution < -0.4 is 5.69 Å². The molecule has 0 aliphatic carbocycles. The van der Waals surface area contributed by atoms with Crippen molar-refractivity contribution in [1.29, 1.82) is 0 Å². The molecule has 5 rings (SSSR count). The molecule has 0 spiro atoms. The van der Waals surface area contributed by atoms with E-state index in [2.05, 4.69) is 74.8 Å². The molecule has 1 aliphatic rings. The molecule has 4 aromatic rings. The van der Waals surface area contributed by atoms with Gasteiger partial charge in [0.05, 0.1) is 0 Å². The topological polar surface area (TPSA) is 124 Å². The molecule has 0 saturated heterocycles. The summed E-state index contributed by atoms with van der Waals surface area (Å²) in [6.45, 7) is 6.83. The smallest absolute Gasteiger partial charge is 0.296 e. The van der Waals surface area contributed by atoms with Gasteiger partial charge in [0.15, 0.2) is 0 Å². The second kappa shape index (κ2) is 10.5. The number of benzene rings is 1. The van der Waals surface area contributed by atoms with Crippen LogP contribution in [0.25, 0.3) is 17.3 Å². The first-order chi connectivity index (χ1) is 18.1. The van der Waals surface area contributed by atoms with Gasteiger partial charge in [-0.25, -0.2) is 9.36 Å². The Balaban J connectivity index is 1.60. The molecule has 1 aliphatic heterocycles. The number of H-pyrrole nitrogens is 1. The Bertz CT molecular complexity index is 1460. The lowest BCUT2D eigenvalue weighted by molar-refractivity contribution is 0.437. The molecule has 0 bridgehead atoms. The lowest BCUT2D eigenvalue weighted by Gasteiger charge is -2.32. The quantitative estimate of drug-likeness (QED) is 0.354. The van der Waals surface area contributed by atoms with Gasteiger partial charge >= 0.3 is 5.69 Å². The molecule has 0 fully saturated rings. The highest BCUT2D eigenvalue weighted by Crippen LogP contribution is 2.35. The van der Waals surface area contributed by atoms with Crippen LogP contribution in [0.5, 0.6) is 0 Å². The molecule has 3 aromatic heterocycles. The zero-order chi connectivity index (χ0) is 25.8. The molecule has 0 radical (unpaired) electrons. The minimum atomic E-state index is -0.469. The average molecular weight is 501 g/mol. The van der Waals surface area contributed by atoms with Crippen molar-refractivity contribution in [2.24, 2.45) is 4.99 Å². The fourth-order valence-corrected chi connectivity index (χ4v) is 4.80. The van der Waals surface area contributed by atoms with E-state index in [4.69, 9.17) is 0 Å². The minimum Gasteiger partial charge on any atom is -0.296 e. The van der Waals surface area contributed by atoms with Crippen molar-refractivity contribution in [2.75, 3.05) is 0 Å². The Kier molecular flexibility index (Phi) is 6.93.